The van der Waals surface area contributed by atoms with Gasteiger partial charge in [-0.05, 0) is 19.8 Å². The van der Waals surface area contributed by atoms with Crippen LogP contribution in [-0.2, 0) is 0 Å². The third kappa shape index (κ3) is 1.05. The lowest BCUT2D eigenvalue weighted by Gasteiger charge is -2.02. The molecule has 50 valence electrons. The maximum Gasteiger partial charge on any atom is 0.254 e. The standard InChI is InChI=1S/C7H8F2/c1-2-3-7(4-5-7)6(8)9/h6H,4-5H2,1H3. The molecule has 1 aliphatic carbocycles. The molecule has 0 heterocycles. The molecule has 0 aromatic rings. The molecule has 0 unspecified atom stereocenters. The second kappa shape index (κ2) is 1.98. The molecule has 1 fully saturated rings. The van der Waals surface area contributed by atoms with E-state index >= 15 is 0 Å². The summed E-state index contributed by atoms with van der Waals surface area (Å²) in [5.74, 6) is 5.05. The molecule has 0 N–H and O–H groups in total. The largest absolute Gasteiger partial charge is 0.254 e. The first-order chi connectivity index (χ1) is 4.21. The Morgan fingerprint density at radius 2 is 2.00 bits per heavy atom. The van der Waals surface area contributed by atoms with Gasteiger partial charge in [-0.3, -0.25) is 0 Å². The highest BCUT2D eigenvalue weighted by molar-refractivity contribution is 5.19. The SMILES string of the molecule is CC#CC1(C(F)F)CC1. The highest BCUT2D eigenvalue weighted by atomic mass is 19.3. The van der Waals surface area contributed by atoms with Gasteiger partial charge in [0.05, 0.1) is 5.41 Å². The normalized spacial score (nSPS) is 20.9. The molecule has 9 heavy (non-hydrogen) atoms. The molecule has 2 heteroatoms. The van der Waals surface area contributed by atoms with Crippen molar-refractivity contribution < 1.29 is 8.78 Å². The van der Waals surface area contributed by atoms with Gasteiger partial charge in [-0.25, -0.2) is 8.78 Å². The predicted octanol–water partition coefficient (Wildman–Crippen LogP) is 2.06. The summed E-state index contributed by atoms with van der Waals surface area (Å²) in [5, 5.41) is 0. The summed E-state index contributed by atoms with van der Waals surface area (Å²) < 4.78 is 23.9. The fraction of sp³-hybridized carbons (Fsp3) is 0.714. The Hall–Kier alpha value is -0.580. The number of hydrogen-bond donors (Lipinski definition) is 0. The fourth-order valence-corrected chi connectivity index (χ4v) is 0.781. The van der Waals surface area contributed by atoms with Gasteiger partial charge in [0.1, 0.15) is 0 Å². The van der Waals surface area contributed by atoms with E-state index in [4.69, 9.17) is 0 Å². The van der Waals surface area contributed by atoms with Crippen molar-refractivity contribution >= 4 is 0 Å². The first-order valence-corrected chi connectivity index (χ1v) is 2.93. The summed E-state index contributed by atoms with van der Waals surface area (Å²) in [7, 11) is 0. The van der Waals surface area contributed by atoms with E-state index in [1.165, 1.54) is 0 Å². The zero-order chi connectivity index (χ0) is 6.91. The van der Waals surface area contributed by atoms with Crippen LogP contribution < -0.4 is 0 Å². The van der Waals surface area contributed by atoms with E-state index < -0.39 is 11.8 Å². The molecule has 0 nitrogen and oxygen atoms in total. The van der Waals surface area contributed by atoms with Crippen LogP contribution in [0.2, 0.25) is 0 Å². The van der Waals surface area contributed by atoms with Crippen molar-refractivity contribution in [2.45, 2.75) is 26.2 Å². The minimum atomic E-state index is -2.25. The molecule has 0 aromatic heterocycles. The van der Waals surface area contributed by atoms with Crippen LogP contribution in [-0.4, -0.2) is 6.43 Å². The average molecular weight is 130 g/mol. The maximum atomic E-state index is 12.0. The zero-order valence-corrected chi connectivity index (χ0v) is 5.25. The molecule has 0 bridgehead atoms. The molecule has 1 saturated carbocycles. The molecule has 1 aliphatic rings. The molecule has 0 spiro atoms. The van der Waals surface area contributed by atoms with Crippen LogP contribution in [0.15, 0.2) is 0 Å². The zero-order valence-electron chi connectivity index (χ0n) is 5.25. The van der Waals surface area contributed by atoms with Gasteiger partial charge < -0.3 is 0 Å². The quantitative estimate of drug-likeness (QED) is 0.476. The third-order valence-corrected chi connectivity index (χ3v) is 1.58. The summed E-state index contributed by atoms with van der Waals surface area (Å²) in [6, 6.07) is 0. The Morgan fingerprint density at radius 3 is 2.11 bits per heavy atom. The summed E-state index contributed by atoms with van der Waals surface area (Å²) in [4.78, 5) is 0. The second-order valence-corrected chi connectivity index (χ2v) is 2.33. The van der Waals surface area contributed by atoms with Crippen LogP contribution in [0.3, 0.4) is 0 Å². The van der Waals surface area contributed by atoms with Gasteiger partial charge in [0, 0.05) is 0 Å². The summed E-state index contributed by atoms with van der Waals surface area (Å²) in [6.07, 6.45) is -1.10. The van der Waals surface area contributed by atoms with Crippen molar-refractivity contribution in [3.8, 4) is 11.8 Å². The highest BCUT2D eigenvalue weighted by Crippen LogP contribution is 2.49. The number of halogens is 2. The van der Waals surface area contributed by atoms with Gasteiger partial charge in [0.2, 0.25) is 0 Å². The Labute approximate surface area is 53.3 Å². The average Bonchev–Trinajstić information content (AvgIpc) is 2.49. The monoisotopic (exact) mass is 130 g/mol. The molecule has 0 aliphatic heterocycles. The van der Waals surface area contributed by atoms with E-state index in [1.807, 2.05) is 0 Å². The molecule has 1 rings (SSSR count). The summed E-state index contributed by atoms with van der Waals surface area (Å²) >= 11 is 0. The molecular weight excluding hydrogens is 122 g/mol. The lowest BCUT2D eigenvalue weighted by Crippen LogP contribution is -2.08. The molecule has 0 saturated heterocycles. The van der Waals surface area contributed by atoms with Crippen molar-refractivity contribution in [1.82, 2.24) is 0 Å². The topological polar surface area (TPSA) is 0 Å². The Morgan fingerprint density at radius 1 is 1.44 bits per heavy atom. The van der Waals surface area contributed by atoms with Gasteiger partial charge in [0.25, 0.3) is 6.43 Å². The third-order valence-electron chi connectivity index (χ3n) is 1.58. The van der Waals surface area contributed by atoms with Crippen LogP contribution in [0.4, 0.5) is 8.78 Å². The smallest absolute Gasteiger partial charge is 0.209 e. The fourth-order valence-electron chi connectivity index (χ4n) is 0.781. The predicted molar refractivity (Wildman–Crippen MR) is 31.1 cm³/mol. The van der Waals surface area contributed by atoms with Crippen LogP contribution >= 0.6 is 0 Å². The minimum Gasteiger partial charge on any atom is -0.209 e. The molecule has 0 amide bonds. The Balaban J connectivity index is 2.60. The Kier molecular flexibility index (Phi) is 1.44. The number of hydrogen-bond acceptors (Lipinski definition) is 0. The minimum absolute atomic E-state index is 0.575. The van der Waals surface area contributed by atoms with E-state index in [-0.39, 0.29) is 0 Å². The summed E-state index contributed by atoms with van der Waals surface area (Å²) in [6.45, 7) is 1.60. The Bertz CT molecular complexity index is 157. The van der Waals surface area contributed by atoms with E-state index in [0.29, 0.717) is 12.8 Å². The maximum absolute atomic E-state index is 12.0. The first kappa shape index (κ1) is 6.54. The van der Waals surface area contributed by atoms with Gasteiger partial charge in [-0.1, -0.05) is 5.92 Å². The van der Waals surface area contributed by atoms with Gasteiger partial charge in [-0.2, -0.15) is 0 Å². The van der Waals surface area contributed by atoms with Crippen LogP contribution in [0.25, 0.3) is 0 Å². The highest BCUT2D eigenvalue weighted by Gasteiger charge is 2.49. The second-order valence-electron chi connectivity index (χ2n) is 2.33. The van der Waals surface area contributed by atoms with Gasteiger partial charge in [0.15, 0.2) is 0 Å². The van der Waals surface area contributed by atoms with Gasteiger partial charge >= 0.3 is 0 Å². The summed E-state index contributed by atoms with van der Waals surface area (Å²) in [5.41, 5.74) is -0.894. The molecular formula is C7H8F2. The molecule has 0 atom stereocenters. The van der Waals surface area contributed by atoms with Crippen LogP contribution in [0.5, 0.6) is 0 Å². The van der Waals surface area contributed by atoms with E-state index in [9.17, 15) is 8.78 Å². The molecule has 0 aromatic carbocycles. The van der Waals surface area contributed by atoms with Crippen molar-refractivity contribution in [3.05, 3.63) is 0 Å². The van der Waals surface area contributed by atoms with E-state index in [2.05, 4.69) is 11.8 Å². The lowest BCUT2D eigenvalue weighted by molar-refractivity contribution is 0.0921. The van der Waals surface area contributed by atoms with E-state index in [1.54, 1.807) is 6.92 Å². The van der Waals surface area contributed by atoms with Crippen LogP contribution in [0, 0.1) is 17.3 Å². The van der Waals surface area contributed by atoms with Crippen LogP contribution in [0.1, 0.15) is 19.8 Å². The number of rotatable bonds is 1. The van der Waals surface area contributed by atoms with Crippen molar-refractivity contribution in [1.29, 1.82) is 0 Å². The van der Waals surface area contributed by atoms with Crippen molar-refractivity contribution in [2.75, 3.05) is 0 Å². The van der Waals surface area contributed by atoms with Gasteiger partial charge in [-0.15, -0.1) is 5.92 Å². The van der Waals surface area contributed by atoms with E-state index in [0.717, 1.165) is 0 Å². The first-order valence-electron chi connectivity index (χ1n) is 2.93. The molecule has 0 radical (unpaired) electrons. The number of alkyl halides is 2. The lowest BCUT2D eigenvalue weighted by atomic mass is 10.1. The van der Waals surface area contributed by atoms with Crippen molar-refractivity contribution in [2.24, 2.45) is 5.41 Å². The van der Waals surface area contributed by atoms with Crippen molar-refractivity contribution in [3.63, 3.8) is 0 Å².